The van der Waals surface area contributed by atoms with Crippen LogP contribution in [-0.2, 0) is 4.79 Å². The minimum atomic E-state index is -0.701. The molecule has 1 saturated heterocycles. The molecule has 4 rings (SSSR count). The van der Waals surface area contributed by atoms with Crippen molar-refractivity contribution in [1.29, 1.82) is 0 Å². The smallest absolute Gasteiger partial charge is 0.333 e. The molecule has 2 aliphatic rings. The third kappa shape index (κ3) is 4.76. The number of halogens is 1. The van der Waals surface area contributed by atoms with Gasteiger partial charge in [-0.3, -0.25) is 18.7 Å². The van der Waals surface area contributed by atoms with Crippen molar-refractivity contribution in [2.75, 3.05) is 11.5 Å². The van der Waals surface area contributed by atoms with E-state index in [-0.39, 0.29) is 47.2 Å². The van der Waals surface area contributed by atoms with Gasteiger partial charge >= 0.3 is 5.69 Å². The largest absolute Gasteiger partial charge is 0.393 e. The number of aliphatic hydroxyl groups is 1. The van der Waals surface area contributed by atoms with Crippen molar-refractivity contribution in [1.82, 2.24) is 19.4 Å². The third-order valence-electron chi connectivity index (χ3n) is 6.39. The lowest BCUT2D eigenvalue weighted by molar-refractivity contribution is -0.123. The highest BCUT2D eigenvalue weighted by Crippen LogP contribution is 2.30. The van der Waals surface area contributed by atoms with Crippen LogP contribution in [0.25, 0.3) is 11.0 Å². The maximum atomic E-state index is 14.0. The van der Waals surface area contributed by atoms with Crippen LogP contribution >= 0.6 is 11.8 Å². The molecule has 0 radical (unpaired) electrons. The summed E-state index contributed by atoms with van der Waals surface area (Å²) in [5.41, 5.74) is -0.617. The van der Waals surface area contributed by atoms with Crippen LogP contribution in [0.2, 0.25) is 0 Å². The number of carbonyl (C=O) groups is 1. The lowest BCUT2D eigenvalue weighted by Gasteiger charge is -2.31. The number of hydrogen-bond acceptors (Lipinski definition) is 6. The quantitative estimate of drug-likeness (QED) is 0.702. The van der Waals surface area contributed by atoms with Crippen molar-refractivity contribution >= 4 is 28.7 Å². The summed E-state index contributed by atoms with van der Waals surface area (Å²) >= 11 is 1.84. The van der Waals surface area contributed by atoms with E-state index < -0.39 is 17.5 Å². The number of pyridine rings is 1. The number of carbonyl (C=O) groups excluding carboxylic acids is 1. The van der Waals surface area contributed by atoms with E-state index in [0.717, 1.165) is 30.5 Å². The van der Waals surface area contributed by atoms with Gasteiger partial charge in [0.1, 0.15) is 11.5 Å². The molecule has 2 N–H and O–H groups in total. The molecular weight excluding hydrogens is 435 g/mol. The number of aromatic nitrogens is 3. The lowest BCUT2D eigenvalue weighted by atomic mass is 9.90. The predicted octanol–water partition coefficient (Wildman–Crippen LogP) is 2.14. The highest BCUT2D eigenvalue weighted by atomic mass is 32.2. The number of amides is 1. The van der Waals surface area contributed by atoms with Gasteiger partial charge in [0, 0.05) is 18.1 Å². The monoisotopic (exact) mass is 464 g/mol. The average Bonchev–Trinajstić information content (AvgIpc) is 2.76. The predicted molar refractivity (Wildman–Crippen MR) is 122 cm³/mol. The minimum Gasteiger partial charge on any atom is -0.393 e. The number of fused-ring (bicyclic) bond motifs is 1. The molecule has 3 heterocycles. The molecule has 8 nitrogen and oxygen atoms in total. The number of aliphatic hydroxyl groups excluding tert-OH is 1. The Morgan fingerprint density at radius 3 is 2.50 bits per heavy atom. The van der Waals surface area contributed by atoms with E-state index in [1.54, 1.807) is 11.5 Å². The maximum absolute atomic E-state index is 14.0. The topological polar surface area (TPSA) is 106 Å². The first-order valence-electron chi connectivity index (χ1n) is 11.2. The summed E-state index contributed by atoms with van der Waals surface area (Å²) in [5, 5.41) is 12.4. The Morgan fingerprint density at radius 2 is 1.84 bits per heavy atom. The van der Waals surface area contributed by atoms with E-state index >= 15 is 0 Å². The van der Waals surface area contributed by atoms with Gasteiger partial charge < -0.3 is 10.4 Å². The van der Waals surface area contributed by atoms with E-state index in [1.165, 1.54) is 10.6 Å². The van der Waals surface area contributed by atoms with Gasteiger partial charge in [-0.2, -0.15) is 11.8 Å². The maximum Gasteiger partial charge on any atom is 0.333 e. The van der Waals surface area contributed by atoms with Crippen molar-refractivity contribution in [3.05, 3.63) is 38.9 Å². The summed E-state index contributed by atoms with van der Waals surface area (Å²) in [7, 11) is 0. The zero-order chi connectivity index (χ0) is 22.8. The van der Waals surface area contributed by atoms with E-state index in [2.05, 4.69) is 10.3 Å². The molecule has 0 aromatic carbocycles. The summed E-state index contributed by atoms with van der Waals surface area (Å²) in [5.74, 6) is 1.05. The summed E-state index contributed by atoms with van der Waals surface area (Å²) in [6, 6.07) is 0.755. The molecule has 10 heteroatoms. The Morgan fingerprint density at radius 1 is 1.19 bits per heavy atom. The van der Waals surface area contributed by atoms with Gasteiger partial charge in [0.2, 0.25) is 5.91 Å². The van der Waals surface area contributed by atoms with Crippen molar-refractivity contribution in [3.63, 3.8) is 0 Å². The molecular formula is C22H29FN4O4S. The Hall–Kier alpha value is -2.20. The van der Waals surface area contributed by atoms with Crippen molar-refractivity contribution in [2.24, 2.45) is 0 Å². The van der Waals surface area contributed by atoms with Gasteiger partial charge in [-0.25, -0.2) is 14.2 Å². The average molecular weight is 465 g/mol. The molecule has 1 amide bonds. The Labute approximate surface area is 189 Å². The fourth-order valence-corrected chi connectivity index (χ4v) is 5.91. The summed E-state index contributed by atoms with van der Waals surface area (Å²) in [6.07, 6.45) is 4.38. The van der Waals surface area contributed by atoms with Crippen LogP contribution in [0.15, 0.2) is 21.9 Å². The first-order chi connectivity index (χ1) is 15.3. The lowest BCUT2D eigenvalue weighted by Crippen LogP contribution is -2.46. The highest BCUT2D eigenvalue weighted by Gasteiger charge is 2.29. The molecule has 2 aromatic heterocycles. The fourth-order valence-electron chi connectivity index (χ4n) is 4.83. The van der Waals surface area contributed by atoms with Crippen LogP contribution in [0, 0.1) is 5.82 Å². The first kappa shape index (κ1) is 23.0. The van der Waals surface area contributed by atoms with Gasteiger partial charge in [0.15, 0.2) is 0 Å². The molecule has 0 spiro atoms. The van der Waals surface area contributed by atoms with Crippen LogP contribution < -0.4 is 16.6 Å². The summed E-state index contributed by atoms with van der Waals surface area (Å²) < 4.78 is 16.9. The molecule has 1 atom stereocenters. The van der Waals surface area contributed by atoms with E-state index in [1.807, 2.05) is 11.8 Å². The fraction of sp³-hybridized carbons (Fsp3) is 0.636. The second-order valence-corrected chi connectivity index (χ2v) is 10.0. The first-order valence-corrected chi connectivity index (χ1v) is 12.4. The molecule has 1 aliphatic heterocycles. The number of hydrogen-bond donors (Lipinski definition) is 2. The third-order valence-corrected chi connectivity index (χ3v) is 7.44. The minimum absolute atomic E-state index is 0.0486. The zero-order valence-corrected chi connectivity index (χ0v) is 18.9. The zero-order valence-electron chi connectivity index (χ0n) is 18.1. The van der Waals surface area contributed by atoms with Crippen LogP contribution in [0.3, 0.4) is 0 Å². The van der Waals surface area contributed by atoms with Gasteiger partial charge in [0.05, 0.1) is 24.1 Å². The van der Waals surface area contributed by atoms with Crippen molar-refractivity contribution < 1.29 is 14.3 Å². The van der Waals surface area contributed by atoms with Gasteiger partial charge in [-0.1, -0.05) is 0 Å². The molecule has 32 heavy (non-hydrogen) atoms. The summed E-state index contributed by atoms with van der Waals surface area (Å²) in [4.78, 5) is 42.9. The Kier molecular flexibility index (Phi) is 6.99. The van der Waals surface area contributed by atoms with Crippen LogP contribution in [-0.4, -0.2) is 48.8 Å². The van der Waals surface area contributed by atoms with Gasteiger partial charge in [-0.05, 0) is 63.0 Å². The standard InChI is InChI=1S/C22H29FN4O4S/c1-13(28)10-19(29)25-15-2-4-16(5-3-15)27-21(30)18-11-14(23)12-24-20(18)26(22(27)31)17-6-8-32-9-7-17/h11-13,15-17,28H,2-10H2,1H3,(H,25,29). The molecule has 0 bridgehead atoms. The number of nitrogens with zero attached hydrogens (tertiary/aromatic N) is 3. The van der Waals surface area contributed by atoms with Crippen LogP contribution in [0.4, 0.5) is 4.39 Å². The van der Waals surface area contributed by atoms with Crippen LogP contribution in [0.1, 0.15) is 64.0 Å². The number of thioether (sulfide) groups is 1. The Bertz CT molecular complexity index is 1100. The summed E-state index contributed by atoms with van der Waals surface area (Å²) in [6.45, 7) is 1.57. The molecule has 2 aromatic rings. The van der Waals surface area contributed by atoms with Gasteiger partial charge in [-0.15, -0.1) is 0 Å². The van der Waals surface area contributed by atoms with E-state index in [9.17, 15) is 23.9 Å². The molecule has 174 valence electrons. The highest BCUT2D eigenvalue weighted by molar-refractivity contribution is 7.99. The second-order valence-electron chi connectivity index (χ2n) is 8.82. The van der Waals surface area contributed by atoms with Crippen molar-refractivity contribution in [2.45, 2.75) is 76.1 Å². The molecule has 1 aliphatic carbocycles. The molecule has 1 unspecified atom stereocenters. The van der Waals surface area contributed by atoms with Crippen molar-refractivity contribution in [3.8, 4) is 0 Å². The van der Waals surface area contributed by atoms with Crippen LogP contribution in [0.5, 0.6) is 0 Å². The SMILES string of the molecule is CC(O)CC(=O)NC1CCC(n2c(=O)c3cc(F)cnc3n(C3CCSCC3)c2=O)CC1. The van der Waals surface area contributed by atoms with E-state index in [0.29, 0.717) is 25.7 Å². The Balaban J connectivity index is 1.65. The second kappa shape index (κ2) is 9.74. The molecule has 1 saturated carbocycles. The van der Waals surface area contributed by atoms with Gasteiger partial charge in [0.25, 0.3) is 5.56 Å². The molecule has 2 fully saturated rings. The normalized spacial score (nSPS) is 23.2. The number of rotatable bonds is 5. The number of nitrogens with one attached hydrogen (secondary N) is 1. The van der Waals surface area contributed by atoms with E-state index in [4.69, 9.17) is 0 Å².